The van der Waals surface area contributed by atoms with Crippen LogP contribution in [0.25, 0.3) is 0 Å². The topological polar surface area (TPSA) is 46.6 Å². The highest BCUT2D eigenvalue weighted by Crippen LogP contribution is 2.77. The van der Waals surface area contributed by atoms with Crippen LogP contribution in [-0.2, 0) is 9.59 Å². The van der Waals surface area contributed by atoms with Crippen LogP contribution in [0.3, 0.4) is 0 Å². The quantitative estimate of drug-likeness (QED) is 0.462. The number of rotatable bonds is 2. The summed E-state index contributed by atoms with van der Waals surface area (Å²) in [6, 6.07) is 6.57. The maximum atomic E-state index is 13.2. The summed E-state index contributed by atoms with van der Waals surface area (Å²) in [6.07, 6.45) is 0. The predicted molar refractivity (Wildman–Crippen MR) is 103 cm³/mol. The van der Waals surface area contributed by atoms with E-state index in [-0.39, 0.29) is 15.8 Å². The lowest BCUT2D eigenvalue weighted by atomic mass is 9.84. The zero-order valence-corrected chi connectivity index (χ0v) is 17.4. The minimum atomic E-state index is -1.94. The maximum absolute atomic E-state index is 13.2. The van der Waals surface area contributed by atoms with Crippen molar-refractivity contribution in [1.82, 2.24) is 0 Å². The fourth-order valence-corrected chi connectivity index (χ4v) is 6.98. The Balaban J connectivity index is 1.93. The van der Waals surface area contributed by atoms with E-state index in [1.54, 1.807) is 24.3 Å². The molecule has 26 heavy (non-hydrogen) atoms. The van der Waals surface area contributed by atoms with Crippen LogP contribution >= 0.6 is 69.6 Å². The number of nitrogens with zero attached hydrogens (tertiary/aromatic N) is 1. The van der Waals surface area contributed by atoms with Gasteiger partial charge in [0.1, 0.15) is 15.5 Å². The van der Waals surface area contributed by atoms with Crippen molar-refractivity contribution in [3.63, 3.8) is 0 Å². The molecule has 4 rings (SSSR count). The van der Waals surface area contributed by atoms with Gasteiger partial charge in [-0.1, -0.05) is 58.5 Å². The Kier molecular flexibility index (Phi) is 4.08. The first-order valence-electron chi connectivity index (χ1n) is 7.39. The molecule has 0 radical (unpaired) electrons. The Morgan fingerprint density at radius 2 is 1.38 bits per heavy atom. The molecule has 10 heteroatoms. The Morgan fingerprint density at radius 1 is 0.923 bits per heavy atom. The lowest BCUT2D eigenvalue weighted by Crippen LogP contribution is -2.50. The van der Waals surface area contributed by atoms with Gasteiger partial charge in [0.05, 0.1) is 34.7 Å². The Hall–Kier alpha value is -0.360. The average molecular weight is 476 g/mol. The number of hydrogen-bond donors (Lipinski definition) is 0. The molecule has 2 amide bonds. The van der Waals surface area contributed by atoms with Crippen LogP contribution in [0.4, 0.5) is 5.69 Å². The second-order valence-electron chi connectivity index (χ2n) is 6.26. The zero-order valence-electron chi connectivity index (χ0n) is 12.9. The third kappa shape index (κ3) is 1.77. The number of fused-ring (bicyclic) bond motifs is 5. The van der Waals surface area contributed by atoms with Crippen molar-refractivity contribution in [2.24, 2.45) is 11.8 Å². The molecule has 2 bridgehead atoms. The third-order valence-corrected chi connectivity index (χ3v) is 9.49. The SMILES string of the molecule is COc1ccccc1N1C(=O)C2C(C1=O)C1(Cl)C(Cl)=C(Cl)C2(Cl)C1(Cl)Cl. The molecule has 1 aromatic carbocycles. The third-order valence-electron chi connectivity index (χ3n) is 5.23. The second-order valence-corrected chi connectivity index (χ2v) is 9.54. The summed E-state index contributed by atoms with van der Waals surface area (Å²) < 4.78 is 3.31. The lowest BCUT2D eigenvalue weighted by molar-refractivity contribution is -0.123. The van der Waals surface area contributed by atoms with Crippen LogP contribution in [0.5, 0.6) is 5.75 Å². The first-order valence-corrected chi connectivity index (χ1v) is 9.66. The van der Waals surface area contributed by atoms with Gasteiger partial charge < -0.3 is 4.74 Å². The van der Waals surface area contributed by atoms with Crippen molar-refractivity contribution in [3.05, 3.63) is 34.3 Å². The average Bonchev–Trinajstić information content (AvgIpc) is 2.99. The molecule has 2 aliphatic carbocycles. The van der Waals surface area contributed by atoms with Crippen molar-refractivity contribution >= 4 is 87.1 Å². The van der Waals surface area contributed by atoms with E-state index in [0.717, 1.165) is 4.90 Å². The molecular formula is C16H9Cl6NO3. The van der Waals surface area contributed by atoms with Gasteiger partial charge in [0.25, 0.3) is 0 Å². The molecule has 1 aliphatic heterocycles. The van der Waals surface area contributed by atoms with E-state index in [9.17, 15) is 9.59 Å². The monoisotopic (exact) mass is 473 g/mol. The number of ether oxygens (including phenoxy) is 1. The summed E-state index contributed by atoms with van der Waals surface area (Å²) in [4.78, 5) is 23.8. The lowest BCUT2D eigenvalue weighted by Gasteiger charge is -2.34. The van der Waals surface area contributed by atoms with E-state index in [1.807, 2.05) is 0 Å². The van der Waals surface area contributed by atoms with Gasteiger partial charge in [-0.15, -0.1) is 23.2 Å². The van der Waals surface area contributed by atoms with E-state index < -0.39 is 37.7 Å². The highest BCUT2D eigenvalue weighted by Gasteiger charge is 2.87. The van der Waals surface area contributed by atoms with Crippen LogP contribution < -0.4 is 9.64 Å². The largest absolute Gasteiger partial charge is 0.495 e. The summed E-state index contributed by atoms with van der Waals surface area (Å²) in [6.45, 7) is 0. The normalized spacial score (nSPS) is 37.6. The highest BCUT2D eigenvalue weighted by atomic mass is 35.5. The fraction of sp³-hybridized carbons (Fsp3) is 0.375. The van der Waals surface area contributed by atoms with Gasteiger partial charge >= 0.3 is 0 Å². The van der Waals surface area contributed by atoms with Crippen LogP contribution in [-0.4, -0.2) is 33.0 Å². The number of benzene rings is 1. The number of amides is 2. The zero-order chi connectivity index (χ0) is 19.2. The van der Waals surface area contributed by atoms with Crippen molar-refractivity contribution < 1.29 is 14.3 Å². The Morgan fingerprint density at radius 3 is 1.85 bits per heavy atom. The Labute approximate surface area is 178 Å². The summed E-state index contributed by atoms with van der Waals surface area (Å²) in [5, 5.41) is -0.241. The molecule has 4 atom stereocenters. The molecule has 138 valence electrons. The molecule has 1 saturated heterocycles. The number of carbonyl (C=O) groups is 2. The van der Waals surface area contributed by atoms with E-state index >= 15 is 0 Å². The number of methoxy groups -OCH3 is 1. The number of imide groups is 1. The fourth-order valence-electron chi connectivity index (χ4n) is 4.05. The van der Waals surface area contributed by atoms with Gasteiger partial charge in [0, 0.05) is 0 Å². The minimum Gasteiger partial charge on any atom is -0.495 e. The number of anilines is 1. The molecule has 3 aliphatic rings. The number of halogens is 6. The molecule has 0 aromatic heterocycles. The summed E-state index contributed by atoms with van der Waals surface area (Å²) in [5.41, 5.74) is 0.265. The second kappa shape index (κ2) is 5.59. The number of alkyl halides is 4. The summed E-state index contributed by atoms with van der Waals surface area (Å²) in [5.74, 6) is -3.22. The van der Waals surface area contributed by atoms with Gasteiger partial charge in [-0.05, 0) is 12.1 Å². The first-order chi connectivity index (χ1) is 12.1. The molecule has 1 saturated carbocycles. The summed E-state index contributed by atoms with van der Waals surface area (Å²) in [7, 11) is 1.43. The van der Waals surface area contributed by atoms with E-state index in [4.69, 9.17) is 74.3 Å². The van der Waals surface area contributed by atoms with Gasteiger partial charge in [-0.2, -0.15) is 0 Å². The van der Waals surface area contributed by atoms with Crippen LogP contribution in [0.15, 0.2) is 34.3 Å². The van der Waals surface area contributed by atoms with E-state index in [1.165, 1.54) is 7.11 Å². The molecule has 0 N–H and O–H groups in total. The predicted octanol–water partition coefficient (Wildman–Crippen LogP) is 4.65. The number of carbonyl (C=O) groups excluding carboxylic acids is 2. The van der Waals surface area contributed by atoms with Gasteiger partial charge in [0.15, 0.2) is 4.33 Å². The number of hydrogen-bond acceptors (Lipinski definition) is 3. The van der Waals surface area contributed by atoms with Gasteiger partial charge in [-0.25, -0.2) is 4.90 Å². The molecular weight excluding hydrogens is 467 g/mol. The molecule has 2 fully saturated rings. The van der Waals surface area contributed by atoms with Crippen molar-refractivity contribution in [1.29, 1.82) is 0 Å². The molecule has 1 heterocycles. The Bertz CT molecular complexity index is 856. The number of para-hydroxylation sites is 2. The number of allylic oxidation sites excluding steroid dienone is 2. The van der Waals surface area contributed by atoms with Crippen molar-refractivity contribution in [2.45, 2.75) is 14.1 Å². The first kappa shape index (κ1) is 19.0. The van der Waals surface area contributed by atoms with Gasteiger partial charge in [0.2, 0.25) is 11.8 Å². The maximum Gasteiger partial charge on any atom is 0.240 e. The summed E-state index contributed by atoms with van der Waals surface area (Å²) >= 11 is 38.7. The van der Waals surface area contributed by atoms with E-state index in [0.29, 0.717) is 5.75 Å². The van der Waals surface area contributed by atoms with Crippen molar-refractivity contribution in [3.8, 4) is 5.75 Å². The van der Waals surface area contributed by atoms with Crippen LogP contribution in [0.1, 0.15) is 0 Å². The van der Waals surface area contributed by atoms with Crippen LogP contribution in [0, 0.1) is 11.8 Å². The smallest absolute Gasteiger partial charge is 0.240 e. The van der Waals surface area contributed by atoms with Gasteiger partial charge in [-0.3, -0.25) is 9.59 Å². The molecule has 4 unspecified atom stereocenters. The minimum absolute atomic E-state index is 0.120. The molecule has 4 nitrogen and oxygen atoms in total. The molecule has 0 spiro atoms. The van der Waals surface area contributed by atoms with E-state index in [2.05, 4.69) is 0 Å². The van der Waals surface area contributed by atoms with Crippen LogP contribution in [0.2, 0.25) is 0 Å². The standard InChI is InChI=1S/C16H9Cl6NO3/c1-26-7-5-3-2-4-6(7)23-12(24)8-9(13(23)25)15(20)11(18)10(17)14(8,19)16(15,21)22/h2-5,8-9H,1H3. The van der Waals surface area contributed by atoms with Crippen molar-refractivity contribution in [2.75, 3.05) is 12.0 Å². The highest BCUT2D eigenvalue weighted by molar-refractivity contribution is 6.67. The molecule has 1 aromatic rings.